The van der Waals surface area contributed by atoms with Crippen molar-refractivity contribution in [3.8, 4) is 5.75 Å². The van der Waals surface area contributed by atoms with Gasteiger partial charge in [-0.1, -0.05) is 18.2 Å². The fourth-order valence-electron chi connectivity index (χ4n) is 2.27. The first kappa shape index (κ1) is 14.4. The summed E-state index contributed by atoms with van der Waals surface area (Å²) in [5.74, 6) is 2.75. The maximum atomic E-state index is 12.1. The molecule has 0 radical (unpaired) electrons. The Morgan fingerprint density at radius 1 is 1.42 bits per heavy atom. The maximum Gasteiger partial charge on any atom is 0.325 e. The van der Waals surface area contributed by atoms with Crippen LogP contribution in [-0.2, 0) is 4.79 Å². The van der Waals surface area contributed by atoms with E-state index in [-0.39, 0.29) is 5.97 Å². The van der Waals surface area contributed by atoms with Gasteiger partial charge in [0.2, 0.25) is 0 Å². The van der Waals surface area contributed by atoms with Gasteiger partial charge < -0.3 is 4.74 Å². The molecule has 0 spiro atoms. The average molecular weight is 279 g/mol. The Kier molecular flexibility index (Phi) is 4.88. The number of carbonyl (C=O) groups excluding carboxylic acids is 1. The smallest absolute Gasteiger partial charge is 0.325 e. The highest BCUT2D eigenvalue weighted by molar-refractivity contribution is 7.99. The first-order valence-corrected chi connectivity index (χ1v) is 7.82. The van der Waals surface area contributed by atoms with Crippen LogP contribution in [-0.4, -0.2) is 41.5 Å². The van der Waals surface area contributed by atoms with Crippen molar-refractivity contribution < 1.29 is 9.53 Å². The van der Waals surface area contributed by atoms with Crippen molar-refractivity contribution in [2.45, 2.75) is 26.8 Å². The van der Waals surface area contributed by atoms with E-state index in [1.165, 1.54) is 0 Å². The predicted molar refractivity (Wildman–Crippen MR) is 79.9 cm³/mol. The van der Waals surface area contributed by atoms with Crippen LogP contribution in [0.5, 0.6) is 5.75 Å². The van der Waals surface area contributed by atoms with E-state index in [1.807, 2.05) is 43.8 Å². The Balaban J connectivity index is 1.97. The number of hydrogen-bond donors (Lipinski definition) is 0. The third-order valence-electron chi connectivity index (χ3n) is 3.46. The molecule has 1 heterocycles. The van der Waals surface area contributed by atoms with E-state index in [0.29, 0.717) is 18.3 Å². The lowest BCUT2D eigenvalue weighted by molar-refractivity contribution is -0.136. The van der Waals surface area contributed by atoms with Gasteiger partial charge in [0, 0.05) is 24.1 Å². The number of ether oxygens (including phenoxy) is 1. The number of aryl methyl sites for hydroxylation is 2. The predicted octanol–water partition coefficient (Wildman–Crippen LogP) is 2.65. The van der Waals surface area contributed by atoms with Crippen LogP contribution in [0.4, 0.5) is 0 Å². The van der Waals surface area contributed by atoms with E-state index in [1.54, 1.807) is 0 Å². The summed E-state index contributed by atoms with van der Waals surface area (Å²) in [5, 5.41) is 0. The van der Waals surface area contributed by atoms with E-state index >= 15 is 0 Å². The van der Waals surface area contributed by atoms with Crippen molar-refractivity contribution in [2.75, 3.05) is 24.6 Å². The van der Waals surface area contributed by atoms with E-state index < -0.39 is 0 Å². The molecule has 1 aromatic rings. The zero-order valence-electron chi connectivity index (χ0n) is 11.8. The van der Waals surface area contributed by atoms with Crippen LogP contribution in [0.1, 0.15) is 18.1 Å². The highest BCUT2D eigenvalue weighted by atomic mass is 32.2. The Hall–Kier alpha value is -1.000. The second-order valence-corrected chi connectivity index (χ2v) is 6.24. The fraction of sp³-hybridized carbons (Fsp3) is 0.533. The molecule has 4 heteroatoms. The monoisotopic (exact) mass is 279 g/mol. The van der Waals surface area contributed by atoms with Crippen molar-refractivity contribution in [2.24, 2.45) is 0 Å². The number of rotatable bonds is 3. The summed E-state index contributed by atoms with van der Waals surface area (Å²) >= 11 is 1.95. The van der Waals surface area contributed by atoms with Crippen molar-refractivity contribution in [3.05, 3.63) is 29.3 Å². The topological polar surface area (TPSA) is 29.5 Å². The van der Waals surface area contributed by atoms with E-state index in [2.05, 4.69) is 11.8 Å². The summed E-state index contributed by atoms with van der Waals surface area (Å²) < 4.78 is 5.54. The Morgan fingerprint density at radius 3 is 2.74 bits per heavy atom. The molecule has 1 saturated heterocycles. The minimum Gasteiger partial charge on any atom is -0.425 e. The Morgan fingerprint density at radius 2 is 2.11 bits per heavy atom. The van der Waals surface area contributed by atoms with Crippen molar-refractivity contribution >= 4 is 17.7 Å². The quantitative estimate of drug-likeness (QED) is 0.628. The third kappa shape index (κ3) is 3.74. The van der Waals surface area contributed by atoms with Gasteiger partial charge >= 0.3 is 5.97 Å². The minimum absolute atomic E-state index is 0.156. The summed E-state index contributed by atoms with van der Waals surface area (Å²) in [7, 11) is 0. The van der Waals surface area contributed by atoms with E-state index in [4.69, 9.17) is 4.74 Å². The molecular formula is C15H21NO2S. The molecule has 0 aliphatic carbocycles. The lowest BCUT2D eigenvalue weighted by Gasteiger charge is -2.31. The number of thioether (sulfide) groups is 1. The summed E-state index contributed by atoms with van der Waals surface area (Å²) in [5.41, 5.74) is 2.02. The second kappa shape index (κ2) is 6.44. The molecule has 1 unspecified atom stereocenters. The van der Waals surface area contributed by atoms with Crippen molar-refractivity contribution in [1.82, 2.24) is 4.90 Å². The van der Waals surface area contributed by atoms with Gasteiger partial charge in [-0.05, 0) is 31.9 Å². The Bertz CT molecular complexity index is 441. The van der Waals surface area contributed by atoms with Crippen molar-refractivity contribution in [3.63, 3.8) is 0 Å². The number of para-hydroxylation sites is 1. The molecular weight excluding hydrogens is 258 g/mol. The molecule has 19 heavy (non-hydrogen) atoms. The van der Waals surface area contributed by atoms with E-state index in [9.17, 15) is 4.79 Å². The third-order valence-corrected chi connectivity index (χ3v) is 4.65. The lowest BCUT2D eigenvalue weighted by atomic mass is 10.1. The molecule has 104 valence electrons. The van der Waals surface area contributed by atoms with Gasteiger partial charge in [0.05, 0.1) is 6.54 Å². The molecule has 1 fully saturated rings. The second-order valence-electron chi connectivity index (χ2n) is 5.09. The molecule has 0 bridgehead atoms. The number of nitrogens with zero attached hydrogens (tertiary/aromatic N) is 1. The molecule has 1 aromatic carbocycles. The fourth-order valence-corrected chi connectivity index (χ4v) is 3.35. The summed E-state index contributed by atoms with van der Waals surface area (Å²) in [6.07, 6.45) is 0. The normalized spacial score (nSPS) is 20.3. The van der Waals surface area contributed by atoms with Crippen LogP contribution in [0, 0.1) is 13.8 Å². The standard InChI is InChI=1S/C15H21NO2S/c1-11-5-4-6-12(2)15(11)18-14(17)9-16-7-8-19-10-13(16)3/h4-6,13H,7-10H2,1-3H3. The maximum absolute atomic E-state index is 12.1. The van der Waals surface area contributed by atoms with Crippen LogP contribution in [0.15, 0.2) is 18.2 Å². The highest BCUT2D eigenvalue weighted by Gasteiger charge is 2.22. The highest BCUT2D eigenvalue weighted by Crippen LogP contribution is 2.23. The largest absolute Gasteiger partial charge is 0.425 e. The summed E-state index contributed by atoms with van der Waals surface area (Å²) in [4.78, 5) is 14.3. The van der Waals surface area contributed by atoms with Crippen LogP contribution >= 0.6 is 11.8 Å². The SMILES string of the molecule is Cc1cccc(C)c1OC(=O)CN1CCSCC1C. The average Bonchev–Trinajstić information content (AvgIpc) is 2.37. The molecule has 1 atom stereocenters. The van der Waals surface area contributed by atoms with Crippen LogP contribution in [0.3, 0.4) is 0 Å². The van der Waals surface area contributed by atoms with Gasteiger partial charge in [-0.3, -0.25) is 9.69 Å². The summed E-state index contributed by atoms with van der Waals surface area (Å²) in [6.45, 7) is 7.45. The van der Waals surface area contributed by atoms with Gasteiger partial charge in [0.15, 0.2) is 0 Å². The van der Waals surface area contributed by atoms with Gasteiger partial charge in [-0.25, -0.2) is 0 Å². The molecule has 1 aliphatic rings. The summed E-state index contributed by atoms with van der Waals surface area (Å²) in [6, 6.07) is 6.36. The van der Waals surface area contributed by atoms with E-state index in [0.717, 1.165) is 29.2 Å². The number of carbonyl (C=O) groups is 1. The zero-order chi connectivity index (χ0) is 13.8. The molecule has 0 saturated carbocycles. The van der Waals surface area contributed by atoms with Gasteiger partial charge in [0.1, 0.15) is 5.75 Å². The van der Waals surface area contributed by atoms with Crippen LogP contribution < -0.4 is 4.74 Å². The lowest BCUT2D eigenvalue weighted by Crippen LogP contribution is -2.44. The molecule has 0 amide bonds. The van der Waals surface area contributed by atoms with Crippen molar-refractivity contribution in [1.29, 1.82) is 0 Å². The van der Waals surface area contributed by atoms with Gasteiger partial charge in [-0.15, -0.1) is 0 Å². The first-order valence-electron chi connectivity index (χ1n) is 6.66. The molecule has 2 rings (SSSR count). The molecule has 1 aliphatic heterocycles. The number of hydrogen-bond acceptors (Lipinski definition) is 4. The van der Waals surface area contributed by atoms with Gasteiger partial charge in [-0.2, -0.15) is 11.8 Å². The number of benzene rings is 1. The number of esters is 1. The van der Waals surface area contributed by atoms with Gasteiger partial charge in [0.25, 0.3) is 0 Å². The minimum atomic E-state index is -0.156. The Labute approximate surface area is 119 Å². The van der Waals surface area contributed by atoms with Crippen LogP contribution in [0.25, 0.3) is 0 Å². The molecule has 0 aromatic heterocycles. The molecule has 0 N–H and O–H groups in total. The van der Waals surface area contributed by atoms with Crippen LogP contribution in [0.2, 0.25) is 0 Å². The zero-order valence-corrected chi connectivity index (χ0v) is 12.6. The first-order chi connectivity index (χ1) is 9.08. The molecule has 3 nitrogen and oxygen atoms in total.